The summed E-state index contributed by atoms with van der Waals surface area (Å²) in [4.78, 5) is 15.0. The highest BCUT2D eigenvalue weighted by Gasteiger charge is 2.20. The summed E-state index contributed by atoms with van der Waals surface area (Å²) in [7, 11) is 0. The van der Waals surface area contributed by atoms with E-state index in [0.717, 1.165) is 38.4 Å². The number of morpholine rings is 1. The number of nitrogens with one attached hydrogen (secondary N) is 1. The molecule has 1 fully saturated rings. The summed E-state index contributed by atoms with van der Waals surface area (Å²) in [6, 6.07) is 18.7. The summed E-state index contributed by atoms with van der Waals surface area (Å²) in [6.45, 7) is 3.91. The van der Waals surface area contributed by atoms with Crippen LogP contribution in [0.4, 0.5) is 0 Å². The summed E-state index contributed by atoms with van der Waals surface area (Å²) >= 11 is 0. The molecule has 1 atom stereocenters. The van der Waals surface area contributed by atoms with Gasteiger partial charge in [0.05, 0.1) is 30.9 Å². The normalized spacial score (nSPS) is 16.0. The van der Waals surface area contributed by atoms with E-state index in [4.69, 9.17) is 10.00 Å². The molecule has 25 heavy (non-hydrogen) atoms. The maximum Gasteiger partial charge on any atom is 0.251 e. The van der Waals surface area contributed by atoms with Crippen molar-refractivity contribution in [2.75, 3.05) is 32.8 Å². The average Bonchev–Trinajstić information content (AvgIpc) is 2.69. The second kappa shape index (κ2) is 8.43. The van der Waals surface area contributed by atoms with Gasteiger partial charge in [0, 0.05) is 25.2 Å². The van der Waals surface area contributed by atoms with Crippen molar-refractivity contribution >= 4 is 5.91 Å². The van der Waals surface area contributed by atoms with Gasteiger partial charge in [-0.1, -0.05) is 36.4 Å². The van der Waals surface area contributed by atoms with Crippen LogP contribution in [0.5, 0.6) is 0 Å². The van der Waals surface area contributed by atoms with E-state index in [1.165, 1.54) is 0 Å². The zero-order valence-corrected chi connectivity index (χ0v) is 14.0. The van der Waals surface area contributed by atoms with E-state index in [1.54, 1.807) is 24.3 Å². The number of carbonyl (C=O) groups excluding carboxylic acids is 1. The summed E-state index contributed by atoms with van der Waals surface area (Å²) < 4.78 is 5.40. The molecule has 0 bridgehead atoms. The summed E-state index contributed by atoms with van der Waals surface area (Å²) in [5.41, 5.74) is 2.05. The molecule has 1 N–H and O–H groups in total. The number of amides is 1. The number of nitrogens with zero attached hydrogens (tertiary/aromatic N) is 2. The number of nitriles is 1. The Bertz CT molecular complexity index is 749. The highest BCUT2D eigenvalue weighted by molar-refractivity contribution is 5.94. The van der Waals surface area contributed by atoms with Gasteiger partial charge in [-0.25, -0.2) is 0 Å². The summed E-state index contributed by atoms with van der Waals surface area (Å²) in [5.74, 6) is -0.167. The van der Waals surface area contributed by atoms with E-state index < -0.39 is 0 Å². The lowest BCUT2D eigenvalue weighted by Crippen LogP contribution is -2.43. The second-order valence-corrected chi connectivity index (χ2v) is 6.04. The van der Waals surface area contributed by atoms with E-state index in [2.05, 4.69) is 16.3 Å². The van der Waals surface area contributed by atoms with Gasteiger partial charge in [0.25, 0.3) is 5.91 Å². The Morgan fingerprint density at radius 3 is 2.64 bits per heavy atom. The third-order valence-corrected chi connectivity index (χ3v) is 4.31. The van der Waals surface area contributed by atoms with Gasteiger partial charge in [0.1, 0.15) is 0 Å². The zero-order valence-electron chi connectivity index (χ0n) is 14.0. The minimum atomic E-state index is -0.167. The molecule has 5 heteroatoms. The van der Waals surface area contributed by atoms with E-state index in [-0.39, 0.29) is 11.9 Å². The van der Waals surface area contributed by atoms with Crippen molar-refractivity contribution in [1.82, 2.24) is 10.2 Å². The monoisotopic (exact) mass is 335 g/mol. The minimum Gasteiger partial charge on any atom is -0.379 e. The molecule has 0 aliphatic carbocycles. The molecule has 0 saturated carbocycles. The Hall–Kier alpha value is -2.68. The Morgan fingerprint density at radius 1 is 1.16 bits per heavy atom. The highest BCUT2D eigenvalue weighted by atomic mass is 16.5. The zero-order chi connectivity index (χ0) is 17.5. The van der Waals surface area contributed by atoms with Crippen molar-refractivity contribution < 1.29 is 9.53 Å². The first-order valence-electron chi connectivity index (χ1n) is 8.42. The Kier molecular flexibility index (Phi) is 5.78. The highest BCUT2D eigenvalue weighted by Crippen LogP contribution is 2.16. The maximum atomic E-state index is 12.7. The Morgan fingerprint density at radius 2 is 1.92 bits per heavy atom. The Balaban J connectivity index is 1.76. The minimum absolute atomic E-state index is 0.113. The molecule has 1 aliphatic rings. The maximum absolute atomic E-state index is 12.7. The SMILES string of the molecule is N#Cc1cccc(C(=O)NC(CN2CCOCC2)c2ccccc2)c1. The van der Waals surface area contributed by atoms with Crippen LogP contribution in [0.1, 0.15) is 27.5 Å². The van der Waals surface area contributed by atoms with E-state index >= 15 is 0 Å². The predicted octanol–water partition coefficient (Wildman–Crippen LogP) is 2.36. The summed E-state index contributed by atoms with van der Waals surface area (Å²) in [5, 5.41) is 12.1. The van der Waals surface area contributed by atoms with E-state index in [1.807, 2.05) is 30.3 Å². The molecule has 1 heterocycles. The van der Waals surface area contributed by atoms with Gasteiger partial charge in [0.2, 0.25) is 0 Å². The van der Waals surface area contributed by atoms with Gasteiger partial charge >= 0.3 is 0 Å². The van der Waals surface area contributed by atoms with E-state index in [0.29, 0.717) is 11.1 Å². The molecule has 2 aromatic carbocycles. The Labute approximate surface area is 147 Å². The van der Waals surface area contributed by atoms with Gasteiger partial charge < -0.3 is 10.1 Å². The lowest BCUT2D eigenvalue weighted by atomic mass is 10.0. The first kappa shape index (κ1) is 17.2. The molecule has 128 valence electrons. The topological polar surface area (TPSA) is 65.4 Å². The molecule has 1 saturated heterocycles. The molecule has 5 nitrogen and oxygen atoms in total. The lowest BCUT2D eigenvalue weighted by Gasteiger charge is -2.31. The molecule has 2 aromatic rings. The van der Waals surface area contributed by atoms with Crippen molar-refractivity contribution in [1.29, 1.82) is 5.26 Å². The number of ether oxygens (including phenoxy) is 1. The molecule has 0 aromatic heterocycles. The quantitative estimate of drug-likeness (QED) is 0.911. The fraction of sp³-hybridized carbons (Fsp3) is 0.300. The summed E-state index contributed by atoms with van der Waals surface area (Å²) in [6.07, 6.45) is 0. The van der Waals surface area contributed by atoms with Gasteiger partial charge in [-0.15, -0.1) is 0 Å². The molecule has 0 spiro atoms. The van der Waals surface area contributed by atoms with Crippen LogP contribution in [0.25, 0.3) is 0 Å². The third-order valence-electron chi connectivity index (χ3n) is 4.31. The van der Waals surface area contributed by atoms with Crippen molar-refractivity contribution in [2.45, 2.75) is 6.04 Å². The molecule has 1 amide bonds. The van der Waals surface area contributed by atoms with Crippen LogP contribution in [-0.2, 0) is 4.74 Å². The van der Waals surface area contributed by atoms with Crippen LogP contribution in [0.15, 0.2) is 54.6 Å². The molecule has 0 radical (unpaired) electrons. The van der Waals surface area contributed by atoms with Gasteiger partial charge in [0.15, 0.2) is 0 Å². The number of hydrogen-bond donors (Lipinski definition) is 1. The van der Waals surface area contributed by atoms with Crippen LogP contribution in [0, 0.1) is 11.3 Å². The largest absolute Gasteiger partial charge is 0.379 e. The lowest BCUT2D eigenvalue weighted by molar-refractivity contribution is 0.0332. The van der Waals surface area contributed by atoms with Crippen LogP contribution in [-0.4, -0.2) is 43.7 Å². The predicted molar refractivity (Wildman–Crippen MR) is 95.1 cm³/mol. The van der Waals surface area contributed by atoms with Gasteiger partial charge in [-0.2, -0.15) is 5.26 Å². The van der Waals surface area contributed by atoms with Crippen molar-refractivity contribution in [2.24, 2.45) is 0 Å². The van der Waals surface area contributed by atoms with Crippen LogP contribution in [0.3, 0.4) is 0 Å². The first-order chi connectivity index (χ1) is 12.3. The van der Waals surface area contributed by atoms with Crippen molar-refractivity contribution in [3.05, 3.63) is 71.3 Å². The molecule has 1 unspecified atom stereocenters. The van der Waals surface area contributed by atoms with E-state index in [9.17, 15) is 4.79 Å². The van der Waals surface area contributed by atoms with Crippen LogP contribution < -0.4 is 5.32 Å². The van der Waals surface area contributed by atoms with Crippen LogP contribution >= 0.6 is 0 Å². The number of carbonyl (C=O) groups is 1. The smallest absolute Gasteiger partial charge is 0.251 e. The fourth-order valence-corrected chi connectivity index (χ4v) is 2.93. The molecular weight excluding hydrogens is 314 g/mol. The first-order valence-corrected chi connectivity index (χ1v) is 8.42. The third kappa shape index (κ3) is 4.66. The second-order valence-electron chi connectivity index (χ2n) is 6.04. The van der Waals surface area contributed by atoms with Gasteiger partial charge in [-0.05, 0) is 23.8 Å². The molecular formula is C20H21N3O2. The van der Waals surface area contributed by atoms with Crippen molar-refractivity contribution in [3.63, 3.8) is 0 Å². The number of benzene rings is 2. The van der Waals surface area contributed by atoms with Gasteiger partial charge in [-0.3, -0.25) is 9.69 Å². The molecule has 1 aliphatic heterocycles. The number of rotatable bonds is 5. The fourth-order valence-electron chi connectivity index (χ4n) is 2.93. The molecule has 3 rings (SSSR count). The standard InChI is InChI=1S/C20H21N3O2/c21-14-16-5-4-8-18(13-16)20(24)22-19(17-6-2-1-3-7-17)15-23-9-11-25-12-10-23/h1-8,13,19H,9-12,15H2,(H,22,24). The number of hydrogen-bond acceptors (Lipinski definition) is 4. The van der Waals surface area contributed by atoms with Crippen LogP contribution in [0.2, 0.25) is 0 Å². The van der Waals surface area contributed by atoms with Crippen molar-refractivity contribution in [3.8, 4) is 6.07 Å². The average molecular weight is 335 g/mol.